The number of rotatable bonds is 7. The van der Waals surface area contributed by atoms with Crippen LogP contribution in [0, 0.1) is 5.82 Å². The molecule has 38 heavy (non-hydrogen) atoms. The van der Waals surface area contributed by atoms with E-state index in [0.29, 0.717) is 12.0 Å². The lowest BCUT2D eigenvalue weighted by Crippen LogP contribution is -2.42. The van der Waals surface area contributed by atoms with Gasteiger partial charge in [0, 0.05) is 18.3 Å². The van der Waals surface area contributed by atoms with Crippen LogP contribution in [-0.4, -0.2) is 44.4 Å². The largest absolute Gasteiger partial charge is 0.466 e. The van der Waals surface area contributed by atoms with Crippen molar-refractivity contribution in [2.45, 2.75) is 39.3 Å². The summed E-state index contributed by atoms with van der Waals surface area (Å²) in [6, 6.07) is 19.1. The van der Waals surface area contributed by atoms with Gasteiger partial charge in [-0.05, 0) is 55.3 Å². The molecule has 0 radical (unpaired) electrons. The van der Waals surface area contributed by atoms with Crippen molar-refractivity contribution in [2.75, 3.05) is 13.2 Å². The Morgan fingerprint density at radius 2 is 1.89 bits per heavy atom. The number of aryl methyl sites for hydroxylation is 1. The zero-order valence-electron chi connectivity index (χ0n) is 21.4. The topological polar surface area (TPSA) is 81.4 Å². The highest BCUT2D eigenvalue weighted by Gasteiger charge is 2.36. The molecule has 1 aliphatic rings. The molecule has 196 valence electrons. The fraction of sp³-hybridized carbons (Fsp3) is 0.276. The molecule has 1 atom stereocenters. The normalized spacial score (nSPS) is 14.4. The van der Waals surface area contributed by atoms with Crippen molar-refractivity contribution >= 4 is 12.0 Å². The Kier molecular flexibility index (Phi) is 7.26. The Balaban J connectivity index is 1.63. The molecule has 1 aliphatic heterocycles. The molecule has 4 aromatic rings. The van der Waals surface area contributed by atoms with Crippen LogP contribution in [0.25, 0.3) is 11.5 Å². The number of nitrogens with one attached hydrogen (secondary N) is 1. The first-order valence-electron chi connectivity index (χ1n) is 12.8. The first kappa shape index (κ1) is 25.3. The Bertz CT molecular complexity index is 1450. The van der Waals surface area contributed by atoms with Gasteiger partial charge in [0.05, 0.1) is 42.7 Å². The number of para-hydroxylation sites is 1. The minimum atomic E-state index is -0.579. The molecule has 8 nitrogen and oxygen atoms in total. The fourth-order valence-electron chi connectivity index (χ4n) is 4.98. The highest BCUT2D eigenvalue weighted by molar-refractivity contribution is 5.77. The van der Waals surface area contributed by atoms with E-state index < -0.39 is 6.04 Å². The van der Waals surface area contributed by atoms with Crippen LogP contribution in [0.15, 0.2) is 72.9 Å². The quantitative estimate of drug-likeness (QED) is 0.354. The van der Waals surface area contributed by atoms with E-state index in [9.17, 15) is 14.0 Å². The van der Waals surface area contributed by atoms with Crippen LogP contribution in [0.3, 0.4) is 0 Å². The van der Waals surface area contributed by atoms with E-state index in [-0.39, 0.29) is 43.9 Å². The number of carbonyl (C=O) groups is 2. The molecular weight excluding hydrogens is 485 g/mol. The number of aromatic nitrogens is 3. The van der Waals surface area contributed by atoms with Crippen molar-refractivity contribution in [1.82, 2.24) is 24.6 Å². The van der Waals surface area contributed by atoms with E-state index in [1.165, 1.54) is 12.1 Å². The maximum absolute atomic E-state index is 14.4. The number of ether oxygens (including phenoxy) is 1. The van der Waals surface area contributed by atoms with Crippen LogP contribution >= 0.6 is 0 Å². The number of hydrogen-bond donors (Lipinski definition) is 1. The lowest BCUT2D eigenvalue weighted by molar-refractivity contribution is -0.142. The predicted molar refractivity (Wildman–Crippen MR) is 141 cm³/mol. The second kappa shape index (κ2) is 10.9. The van der Waals surface area contributed by atoms with E-state index in [1.807, 2.05) is 70.9 Å². The molecule has 0 aliphatic carbocycles. The number of halogens is 1. The second-order valence-corrected chi connectivity index (χ2v) is 9.03. The molecule has 3 heterocycles. The number of nitrogens with zero attached hydrogens (tertiary/aromatic N) is 4. The molecular formula is C29H30FN5O3. The first-order chi connectivity index (χ1) is 18.5. The highest BCUT2D eigenvalue weighted by atomic mass is 19.1. The number of amides is 2. The van der Waals surface area contributed by atoms with Gasteiger partial charge in [0.25, 0.3) is 0 Å². The predicted octanol–water partition coefficient (Wildman–Crippen LogP) is 4.93. The zero-order chi connectivity index (χ0) is 26.6. The average molecular weight is 516 g/mol. The Labute approximate surface area is 220 Å². The van der Waals surface area contributed by atoms with Crippen LogP contribution in [0.5, 0.6) is 0 Å². The summed E-state index contributed by atoms with van der Waals surface area (Å²) in [6.07, 6.45) is 2.68. The second-order valence-electron chi connectivity index (χ2n) is 9.03. The fourth-order valence-corrected chi connectivity index (χ4v) is 4.98. The Hall–Kier alpha value is -4.40. The van der Waals surface area contributed by atoms with Gasteiger partial charge in [0.1, 0.15) is 11.6 Å². The molecule has 0 unspecified atom stereocenters. The number of esters is 1. The van der Waals surface area contributed by atoms with Gasteiger partial charge in [-0.15, -0.1) is 0 Å². The van der Waals surface area contributed by atoms with Gasteiger partial charge in [-0.25, -0.2) is 13.9 Å². The summed E-state index contributed by atoms with van der Waals surface area (Å²) in [4.78, 5) is 27.2. The van der Waals surface area contributed by atoms with Gasteiger partial charge in [-0.1, -0.05) is 37.3 Å². The molecule has 0 fully saturated rings. The van der Waals surface area contributed by atoms with Crippen LogP contribution in [0.4, 0.5) is 9.18 Å². The van der Waals surface area contributed by atoms with Gasteiger partial charge < -0.3 is 19.5 Å². The van der Waals surface area contributed by atoms with E-state index in [2.05, 4.69) is 5.32 Å². The summed E-state index contributed by atoms with van der Waals surface area (Å²) >= 11 is 0. The molecule has 0 spiro atoms. The van der Waals surface area contributed by atoms with Crippen molar-refractivity contribution in [1.29, 1.82) is 0 Å². The van der Waals surface area contributed by atoms with Gasteiger partial charge in [0.15, 0.2) is 0 Å². The van der Waals surface area contributed by atoms with Crippen molar-refractivity contribution in [2.24, 2.45) is 0 Å². The molecule has 2 aromatic carbocycles. The third kappa shape index (κ3) is 4.79. The minimum absolute atomic E-state index is 0.0613. The third-order valence-corrected chi connectivity index (χ3v) is 6.64. The summed E-state index contributed by atoms with van der Waals surface area (Å²) in [6.45, 7) is 4.44. The van der Waals surface area contributed by atoms with E-state index in [1.54, 1.807) is 17.9 Å². The Morgan fingerprint density at radius 3 is 2.63 bits per heavy atom. The number of hydrogen-bond acceptors (Lipinski definition) is 4. The van der Waals surface area contributed by atoms with Crippen molar-refractivity contribution in [3.63, 3.8) is 0 Å². The summed E-state index contributed by atoms with van der Waals surface area (Å²) < 4.78 is 23.4. The maximum Gasteiger partial charge on any atom is 0.318 e. The third-order valence-electron chi connectivity index (χ3n) is 6.64. The van der Waals surface area contributed by atoms with Gasteiger partial charge in [0.2, 0.25) is 0 Å². The molecule has 1 N–H and O–H groups in total. The summed E-state index contributed by atoms with van der Waals surface area (Å²) in [5.74, 6) is 0.0879. The smallest absolute Gasteiger partial charge is 0.318 e. The standard InChI is InChI=1S/C29H30FN5O3/c1-3-24-23-19-34(29(37)31-16-15-26(36)38-4-2)27(20-10-8-11-21(30)18-20)25-14-9-17-33(25)28(23)35(32-24)22-12-6-5-7-13-22/h5-14,17-18,27H,3-4,15-16,19H2,1-2H3,(H,31,37)/t27-/m0/s1. The Morgan fingerprint density at radius 1 is 1.08 bits per heavy atom. The first-order valence-corrected chi connectivity index (χ1v) is 12.8. The molecule has 9 heteroatoms. The van der Waals surface area contributed by atoms with Crippen molar-refractivity contribution in [3.8, 4) is 11.5 Å². The minimum Gasteiger partial charge on any atom is -0.466 e. The van der Waals surface area contributed by atoms with Crippen LogP contribution in [0.1, 0.15) is 48.8 Å². The monoisotopic (exact) mass is 515 g/mol. The van der Waals surface area contributed by atoms with Gasteiger partial charge in [-0.2, -0.15) is 5.10 Å². The number of urea groups is 1. The summed E-state index contributed by atoms with van der Waals surface area (Å²) in [7, 11) is 0. The SMILES string of the molecule is CCOC(=O)CCNC(=O)N1Cc2c(CC)nn(-c3ccccc3)c2-n2cccc2[C@@H]1c1cccc(F)c1. The van der Waals surface area contributed by atoms with Crippen LogP contribution < -0.4 is 5.32 Å². The lowest BCUT2D eigenvalue weighted by atomic mass is 10.0. The zero-order valence-corrected chi connectivity index (χ0v) is 21.4. The summed E-state index contributed by atoms with van der Waals surface area (Å²) in [5.41, 5.74) is 4.13. The van der Waals surface area contributed by atoms with E-state index in [4.69, 9.17) is 9.84 Å². The van der Waals surface area contributed by atoms with Crippen LogP contribution in [-0.2, 0) is 22.5 Å². The molecule has 2 aromatic heterocycles. The number of benzene rings is 2. The average Bonchev–Trinajstić information content (AvgIpc) is 3.50. The lowest BCUT2D eigenvalue weighted by Gasteiger charge is -2.31. The maximum atomic E-state index is 14.4. The van der Waals surface area contributed by atoms with E-state index in [0.717, 1.165) is 28.5 Å². The van der Waals surface area contributed by atoms with Crippen molar-refractivity contribution in [3.05, 3.63) is 101 Å². The summed E-state index contributed by atoms with van der Waals surface area (Å²) in [5, 5.41) is 7.80. The molecule has 5 rings (SSSR count). The highest BCUT2D eigenvalue weighted by Crippen LogP contribution is 2.38. The number of carbonyl (C=O) groups excluding carboxylic acids is 2. The number of fused-ring (bicyclic) bond motifs is 3. The molecule has 0 bridgehead atoms. The molecule has 0 saturated heterocycles. The van der Waals surface area contributed by atoms with Gasteiger partial charge in [-0.3, -0.25) is 4.79 Å². The van der Waals surface area contributed by atoms with Crippen LogP contribution in [0.2, 0.25) is 0 Å². The van der Waals surface area contributed by atoms with E-state index >= 15 is 0 Å². The molecule has 0 saturated carbocycles. The van der Waals surface area contributed by atoms with Gasteiger partial charge >= 0.3 is 12.0 Å². The molecule has 2 amide bonds. The van der Waals surface area contributed by atoms with Crippen molar-refractivity contribution < 1.29 is 18.7 Å².